The summed E-state index contributed by atoms with van der Waals surface area (Å²) in [5.41, 5.74) is 13.8. The summed E-state index contributed by atoms with van der Waals surface area (Å²) in [5.74, 6) is -1.49. The van der Waals surface area contributed by atoms with Crippen LogP contribution in [0.2, 0.25) is 0 Å². The van der Waals surface area contributed by atoms with Gasteiger partial charge in [0, 0.05) is 50.0 Å². The Kier molecular flexibility index (Phi) is 6.59. The maximum atomic E-state index is 14.1. The zero-order valence-electron chi connectivity index (χ0n) is 21.6. The third-order valence-electron chi connectivity index (χ3n) is 8.04. The van der Waals surface area contributed by atoms with Crippen LogP contribution < -0.4 is 16.4 Å². The highest BCUT2D eigenvalue weighted by Crippen LogP contribution is 2.39. The van der Waals surface area contributed by atoms with Gasteiger partial charge in [-0.2, -0.15) is 0 Å². The highest BCUT2D eigenvalue weighted by atomic mass is 16.5. The number of rotatable bonds is 6. The zero-order chi connectivity index (χ0) is 25.8. The fourth-order valence-electron chi connectivity index (χ4n) is 6.11. The van der Waals surface area contributed by atoms with Crippen LogP contribution in [0.3, 0.4) is 0 Å². The lowest BCUT2D eigenvalue weighted by molar-refractivity contribution is -0.138. The molecule has 3 saturated heterocycles. The minimum atomic E-state index is -0.661. The van der Waals surface area contributed by atoms with Crippen molar-refractivity contribution in [2.45, 2.75) is 70.2 Å². The van der Waals surface area contributed by atoms with Crippen molar-refractivity contribution in [2.24, 2.45) is 16.9 Å². The van der Waals surface area contributed by atoms with Crippen LogP contribution in [0, 0.1) is 5.41 Å². The van der Waals surface area contributed by atoms with Gasteiger partial charge < -0.3 is 26.0 Å². The molecule has 0 radical (unpaired) electrons. The van der Waals surface area contributed by atoms with E-state index >= 15 is 0 Å². The lowest BCUT2D eigenvalue weighted by Gasteiger charge is -2.37. The quantitative estimate of drug-likeness (QED) is 0.603. The van der Waals surface area contributed by atoms with E-state index in [0.29, 0.717) is 17.5 Å². The van der Waals surface area contributed by atoms with E-state index in [1.807, 2.05) is 12.1 Å². The molecular formula is C27H39N5O4. The summed E-state index contributed by atoms with van der Waals surface area (Å²) in [6, 6.07) is 5.33. The molecule has 9 nitrogen and oxygen atoms in total. The predicted octanol–water partition coefficient (Wildman–Crippen LogP) is 1.10. The molecule has 36 heavy (non-hydrogen) atoms. The minimum absolute atomic E-state index is 0.0222. The van der Waals surface area contributed by atoms with Gasteiger partial charge in [-0.3, -0.25) is 19.3 Å². The van der Waals surface area contributed by atoms with Gasteiger partial charge in [-0.15, -0.1) is 0 Å². The molecule has 0 aromatic heterocycles. The number of Topliss-reactive ketones (excluding diaryl/α,β-unsaturated/α-hetero) is 1. The number of nitrogens with zero attached hydrogens (tertiary/aromatic N) is 3. The Morgan fingerprint density at radius 2 is 1.83 bits per heavy atom. The average Bonchev–Trinajstić information content (AvgIpc) is 3.53. The SMILES string of the molecule is CC(C)(C)C[C@H](C(=O)N1C[C@@H](N)[C@H]2OCC(=O)[C@H]21)c1cc(N2CCN(C3CC3)CC2)ccc1C(N)=O. The van der Waals surface area contributed by atoms with E-state index in [9.17, 15) is 14.4 Å². The standard InChI is InChI=1S/C27H39N5O4/c1-27(2,3)13-20(26(35)32-14-21(28)24-23(32)22(33)15-36-24)19-12-17(6-7-18(19)25(29)34)31-10-8-30(9-11-31)16-4-5-16/h6-7,12,16,20-21,23-24H,4-5,8-11,13-15,28H2,1-3H3,(H2,29,34)/t20-,21+,23+,24+/m0/s1. The van der Waals surface area contributed by atoms with Crippen molar-refractivity contribution in [3.05, 3.63) is 29.3 Å². The smallest absolute Gasteiger partial charge is 0.249 e. The molecule has 0 unspecified atom stereocenters. The number of fused-ring (bicyclic) bond motifs is 1. The highest BCUT2D eigenvalue weighted by Gasteiger charge is 2.52. The third kappa shape index (κ3) is 4.88. The molecule has 196 valence electrons. The zero-order valence-corrected chi connectivity index (χ0v) is 21.6. The molecule has 3 aliphatic heterocycles. The van der Waals surface area contributed by atoms with Gasteiger partial charge in [0.2, 0.25) is 11.8 Å². The van der Waals surface area contributed by atoms with E-state index in [1.54, 1.807) is 11.0 Å². The number of carbonyl (C=O) groups excluding carboxylic acids is 3. The summed E-state index contributed by atoms with van der Waals surface area (Å²) in [6.07, 6.45) is 2.62. The van der Waals surface area contributed by atoms with Crippen LogP contribution in [0.1, 0.15) is 61.9 Å². The van der Waals surface area contributed by atoms with Gasteiger partial charge in [0.25, 0.3) is 0 Å². The number of amides is 2. The predicted molar refractivity (Wildman–Crippen MR) is 137 cm³/mol. The van der Waals surface area contributed by atoms with Crippen molar-refractivity contribution in [3.8, 4) is 0 Å². The van der Waals surface area contributed by atoms with Gasteiger partial charge in [0.05, 0.1) is 12.0 Å². The number of ketones is 1. The Hall–Kier alpha value is -2.49. The second kappa shape index (κ2) is 9.43. The molecule has 4 N–H and O–H groups in total. The van der Waals surface area contributed by atoms with Crippen LogP contribution in [-0.4, -0.2) is 91.0 Å². The number of ether oxygens (including phenoxy) is 1. The van der Waals surface area contributed by atoms with Crippen molar-refractivity contribution in [2.75, 3.05) is 44.2 Å². The van der Waals surface area contributed by atoms with E-state index < -0.39 is 30.0 Å². The van der Waals surface area contributed by atoms with Gasteiger partial charge in [-0.1, -0.05) is 20.8 Å². The Morgan fingerprint density at radius 3 is 2.44 bits per heavy atom. The molecule has 1 saturated carbocycles. The molecule has 0 bridgehead atoms. The fourth-order valence-corrected chi connectivity index (χ4v) is 6.11. The topological polar surface area (TPSA) is 122 Å². The molecule has 4 atom stereocenters. The van der Waals surface area contributed by atoms with Crippen LogP contribution in [0.25, 0.3) is 0 Å². The van der Waals surface area contributed by atoms with E-state index in [-0.39, 0.29) is 30.3 Å². The van der Waals surface area contributed by atoms with E-state index in [1.165, 1.54) is 12.8 Å². The van der Waals surface area contributed by atoms with Crippen molar-refractivity contribution in [1.82, 2.24) is 9.80 Å². The number of carbonyl (C=O) groups is 3. The van der Waals surface area contributed by atoms with E-state index in [0.717, 1.165) is 37.9 Å². The molecule has 4 aliphatic rings. The van der Waals surface area contributed by atoms with Crippen LogP contribution >= 0.6 is 0 Å². The average molecular weight is 498 g/mol. The van der Waals surface area contributed by atoms with Crippen LogP contribution in [0.15, 0.2) is 18.2 Å². The maximum Gasteiger partial charge on any atom is 0.249 e. The van der Waals surface area contributed by atoms with Gasteiger partial charge in [-0.05, 0) is 48.4 Å². The lowest BCUT2D eigenvalue weighted by Crippen LogP contribution is -2.47. The number of benzene rings is 1. The normalized spacial score (nSPS) is 27.9. The summed E-state index contributed by atoms with van der Waals surface area (Å²) in [4.78, 5) is 45.7. The summed E-state index contributed by atoms with van der Waals surface area (Å²) in [7, 11) is 0. The molecule has 1 aromatic rings. The first-order valence-corrected chi connectivity index (χ1v) is 13.2. The number of likely N-dealkylation sites (tertiary alicyclic amines) is 1. The number of primary amides is 1. The van der Waals surface area contributed by atoms with Crippen LogP contribution in [0.5, 0.6) is 0 Å². The molecule has 0 spiro atoms. The minimum Gasteiger partial charge on any atom is -0.369 e. The summed E-state index contributed by atoms with van der Waals surface area (Å²) < 4.78 is 5.61. The Morgan fingerprint density at radius 1 is 1.14 bits per heavy atom. The first-order valence-electron chi connectivity index (χ1n) is 13.2. The third-order valence-corrected chi connectivity index (χ3v) is 8.04. The Bertz CT molecular complexity index is 1040. The Labute approximate surface area is 213 Å². The van der Waals surface area contributed by atoms with Gasteiger partial charge in [0.15, 0.2) is 5.78 Å². The number of nitrogens with two attached hydrogens (primary N) is 2. The van der Waals surface area contributed by atoms with Gasteiger partial charge in [0.1, 0.15) is 18.8 Å². The molecular weight excluding hydrogens is 458 g/mol. The fraction of sp³-hybridized carbons (Fsp3) is 0.667. The number of anilines is 1. The lowest BCUT2D eigenvalue weighted by atomic mass is 9.79. The first kappa shape index (κ1) is 25.2. The first-order chi connectivity index (χ1) is 17.0. The molecule has 1 aliphatic carbocycles. The van der Waals surface area contributed by atoms with Crippen LogP contribution in [-0.2, 0) is 14.3 Å². The monoisotopic (exact) mass is 497 g/mol. The van der Waals surface area contributed by atoms with Gasteiger partial charge in [-0.25, -0.2) is 0 Å². The molecule has 3 heterocycles. The van der Waals surface area contributed by atoms with Crippen molar-refractivity contribution in [3.63, 3.8) is 0 Å². The number of piperazine rings is 1. The Balaban J connectivity index is 1.48. The largest absolute Gasteiger partial charge is 0.369 e. The summed E-state index contributed by atoms with van der Waals surface area (Å²) >= 11 is 0. The number of hydrogen-bond acceptors (Lipinski definition) is 7. The molecule has 4 fully saturated rings. The van der Waals surface area contributed by atoms with Crippen LogP contribution in [0.4, 0.5) is 5.69 Å². The number of hydrogen-bond donors (Lipinski definition) is 2. The second-order valence-corrected chi connectivity index (χ2v) is 12.0. The van der Waals surface area contributed by atoms with Gasteiger partial charge >= 0.3 is 0 Å². The van der Waals surface area contributed by atoms with E-state index in [2.05, 4.69) is 30.6 Å². The second-order valence-electron chi connectivity index (χ2n) is 12.0. The highest BCUT2D eigenvalue weighted by molar-refractivity contribution is 5.99. The van der Waals surface area contributed by atoms with Crippen molar-refractivity contribution >= 4 is 23.3 Å². The molecule has 9 heteroatoms. The maximum absolute atomic E-state index is 14.1. The molecule has 1 aromatic carbocycles. The summed E-state index contributed by atoms with van der Waals surface area (Å²) in [6.45, 7) is 10.3. The summed E-state index contributed by atoms with van der Waals surface area (Å²) in [5, 5.41) is 0. The molecule has 2 amide bonds. The van der Waals surface area contributed by atoms with Crippen molar-refractivity contribution in [1.29, 1.82) is 0 Å². The van der Waals surface area contributed by atoms with Crippen molar-refractivity contribution < 1.29 is 19.1 Å². The molecule has 5 rings (SSSR count). The van der Waals surface area contributed by atoms with E-state index in [4.69, 9.17) is 16.2 Å².